The van der Waals surface area contributed by atoms with Gasteiger partial charge >= 0.3 is 0 Å². The van der Waals surface area contributed by atoms with Crippen LogP contribution >= 0.6 is 0 Å². The van der Waals surface area contributed by atoms with Gasteiger partial charge in [0.05, 0.1) is 24.6 Å². The van der Waals surface area contributed by atoms with E-state index in [1.807, 2.05) is 29.3 Å². The van der Waals surface area contributed by atoms with Crippen molar-refractivity contribution in [3.05, 3.63) is 60.8 Å². The van der Waals surface area contributed by atoms with E-state index in [1.54, 1.807) is 10.9 Å². The number of pyridine rings is 1. The molecule has 0 radical (unpaired) electrons. The molecule has 5 aromatic rings. The Balaban J connectivity index is 1.52. The van der Waals surface area contributed by atoms with Crippen molar-refractivity contribution in [1.82, 2.24) is 39.1 Å². The summed E-state index contributed by atoms with van der Waals surface area (Å²) in [6.45, 7) is 4.76. The van der Waals surface area contributed by atoms with Crippen LogP contribution < -0.4 is 0 Å². The van der Waals surface area contributed by atoms with Gasteiger partial charge in [0, 0.05) is 35.7 Å². The maximum atomic E-state index is 4.74. The maximum Gasteiger partial charge on any atom is 0.221 e. The normalized spacial score (nSPS) is 11.8. The van der Waals surface area contributed by atoms with Crippen LogP contribution in [0.3, 0.4) is 0 Å². The Bertz CT molecular complexity index is 1240. The zero-order valence-electron chi connectivity index (χ0n) is 15.1. The quantitative estimate of drug-likeness (QED) is 0.493. The second-order valence-corrected chi connectivity index (χ2v) is 6.83. The molecule has 8 heteroatoms. The van der Waals surface area contributed by atoms with E-state index in [-0.39, 0.29) is 0 Å². The molecule has 5 heterocycles. The van der Waals surface area contributed by atoms with Crippen molar-refractivity contribution in [1.29, 1.82) is 0 Å². The van der Waals surface area contributed by atoms with E-state index >= 15 is 0 Å². The zero-order valence-corrected chi connectivity index (χ0v) is 15.1. The minimum Gasteiger partial charge on any atom is -0.324 e. The van der Waals surface area contributed by atoms with Gasteiger partial charge in [-0.05, 0) is 37.6 Å². The second-order valence-electron chi connectivity index (χ2n) is 6.83. The summed E-state index contributed by atoms with van der Waals surface area (Å²) in [7, 11) is 0. The SMILES string of the molecule is CC(C)n1cc(-c2cnc3nnn(Cc4ccc5cccn5c4)c3n2)cn1. The van der Waals surface area contributed by atoms with Gasteiger partial charge in [-0.15, -0.1) is 5.10 Å². The van der Waals surface area contributed by atoms with Crippen LogP contribution in [0.2, 0.25) is 0 Å². The monoisotopic (exact) mass is 358 g/mol. The van der Waals surface area contributed by atoms with E-state index < -0.39 is 0 Å². The summed E-state index contributed by atoms with van der Waals surface area (Å²) in [6, 6.07) is 8.58. The molecule has 0 spiro atoms. The van der Waals surface area contributed by atoms with Crippen LogP contribution in [0.25, 0.3) is 28.1 Å². The van der Waals surface area contributed by atoms with Crippen LogP contribution in [0.5, 0.6) is 0 Å². The summed E-state index contributed by atoms with van der Waals surface area (Å²) >= 11 is 0. The van der Waals surface area contributed by atoms with Crippen LogP contribution in [0.4, 0.5) is 0 Å². The van der Waals surface area contributed by atoms with Crippen LogP contribution in [0.1, 0.15) is 25.5 Å². The van der Waals surface area contributed by atoms with Crippen molar-refractivity contribution >= 4 is 16.8 Å². The first-order valence-corrected chi connectivity index (χ1v) is 8.84. The minimum absolute atomic E-state index is 0.297. The standard InChI is InChI=1S/C19H18N8/c1-13(2)26-12-15(8-21-26)17-9-20-18-19(22-17)27(24-23-18)11-14-5-6-16-4-3-7-25(16)10-14/h3-10,12-13H,11H2,1-2H3. The molecule has 0 fully saturated rings. The molecule has 0 saturated heterocycles. The number of fused-ring (bicyclic) bond motifs is 2. The Hall–Kier alpha value is -3.55. The van der Waals surface area contributed by atoms with Crippen molar-refractivity contribution in [2.24, 2.45) is 0 Å². The van der Waals surface area contributed by atoms with Crippen molar-refractivity contribution < 1.29 is 0 Å². The number of aromatic nitrogens is 8. The topological polar surface area (TPSA) is 78.7 Å². The summed E-state index contributed by atoms with van der Waals surface area (Å²) in [5, 5.41) is 12.8. The van der Waals surface area contributed by atoms with Gasteiger partial charge in [-0.1, -0.05) is 11.3 Å². The zero-order chi connectivity index (χ0) is 18.4. The fraction of sp³-hybridized carbons (Fsp3) is 0.211. The molecule has 27 heavy (non-hydrogen) atoms. The average Bonchev–Trinajstić information content (AvgIpc) is 3.41. The van der Waals surface area contributed by atoms with E-state index in [1.165, 1.54) is 0 Å². The number of hydrogen-bond acceptors (Lipinski definition) is 5. The second kappa shape index (κ2) is 6.01. The molecule has 0 aliphatic heterocycles. The van der Waals surface area contributed by atoms with Crippen molar-refractivity contribution in [3.63, 3.8) is 0 Å². The number of rotatable bonds is 4. The van der Waals surface area contributed by atoms with Crippen molar-refractivity contribution in [3.8, 4) is 11.3 Å². The van der Waals surface area contributed by atoms with Gasteiger partial charge in [0.15, 0.2) is 5.65 Å². The number of hydrogen-bond donors (Lipinski definition) is 0. The largest absolute Gasteiger partial charge is 0.324 e. The van der Waals surface area contributed by atoms with Crippen LogP contribution in [0, 0.1) is 0 Å². The Morgan fingerprint density at radius 2 is 2.00 bits per heavy atom. The third-order valence-electron chi connectivity index (χ3n) is 4.57. The van der Waals surface area contributed by atoms with Gasteiger partial charge < -0.3 is 4.40 Å². The highest BCUT2D eigenvalue weighted by Gasteiger charge is 2.12. The predicted octanol–water partition coefficient (Wildman–Crippen LogP) is 2.97. The molecule has 0 N–H and O–H groups in total. The molecule has 0 amide bonds. The molecule has 134 valence electrons. The van der Waals surface area contributed by atoms with Gasteiger partial charge in [-0.25, -0.2) is 14.6 Å². The lowest BCUT2D eigenvalue weighted by Crippen LogP contribution is -2.04. The van der Waals surface area contributed by atoms with Crippen LogP contribution in [-0.4, -0.2) is 39.1 Å². The molecule has 5 aromatic heterocycles. The molecular weight excluding hydrogens is 340 g/mol. The molecule has 0 bridgehead atoms. The Morgan fingerprint density at radius 1 is 1.07 bits per heavy atom. The molecule has 0 aliphatic carbocycles. The summed E-state index contributed by atoms with van der Waals surface area (Å²) in [5.74, 6) is 0. The number of nitrogens with zero attached hydrogens (tertiary/aromatic N) is 8. The van der Waals surface area contributed by atoms with E-state index in [2.05, 4.69) is 63.0 Å². The summed E-state index contributed by atoms with van der Waals surface area (Å²) in [4.78, 5) is 9.16. The fourth-order valence-corrected chi connectivity index (χ4v) is 3.10. The Labute approximate surface area is 155 Å². The van der Waals surface area contributed by atoms with E-state index in [9.17, 15) is 0 Å². The first-order chi connectivity index (χ1) is 13.2. The van der Waals surface area contributed by atoms with Crippen LogP contribution in [-0.2, 0) is 6.54 Å². The molecular formula is C19H18N8. The highest BCUT2D eigenvalue weighted by atomic mass is 15.5. The smallest absolute Gasteiger partial charge is 0.221 e. The Kier molecular flexibility index (Phi) is 3.49. The van der Waals surface area contributed by atoms with Gasteiger partial charge in [-0.3, -0.25) is 4.68 Å². The first kappa shape index (κ1) is 15.7. The highest BCUT2D eigenvalue weighted by molar-refractivity contribution is 5.69. The van der Waals surface area contributed by atoms with Crippen LogP contribution in [0.15, 0.2) is 55.2 Å². The maximum absolute atomic E-state index is 4.74. The molecule has 0 saturated carbocycles. The molecule has 0 unspecified atom stereocenters. The average molecular weight is 358 g/mol. The lowest BCUT2D eigenvalue weighted by molar-refractivity contribution is 0.532. The lowest BCUT2D eigenvalue weighted by atomic mass is 10.2. The molecule has 0 aromatic carbocycles. The molecule has 8 nitrogen and oxygen atoms in total. The predicted molar refractivity (Wildman–Crippen MR) is 101 cm³/mol. The summed E-state index contributed by atoms with van der Waals surface area (Å²) < 4.78 is 5.78. The highest BCUT2D eigenvalue weighted by Crippen LogP contribution is 2.19. The van der Waals surface area contributed by atoms with E-state index in [0.29, 0.717) is 23.9 Å². The van der Waals surface area contributed by atoms with Gasteiger partial charge in [0.2, 0.25) is 5.65 Å². The van der Waals surface area contributed by atoms with Gasteiger partial charge in [0.25, 0.3) is 0 Å². The molecule has 0 atom stereocenters. The minimum atomic E-state index is 0.297. The summed E-state index contributed by atoms with van der Waals surface area (Å²) in [5.41, 5.74) is 5.17. The third kappa shape index (κ3) is 2.75. The first-order valence-electron chi connectivity index (χ1n) is 8.84. The lowest BCUT2D eigenvalue weighted by Gasteiger charge is -2.05. The fourth-order valence-electron chi connectivity index (χ4n) is 3.10. The summed E-state index contributed by atoms with van der Waals surface area (Å²) in [6.07, 6.45) is 9.63. The van der Waals surface area contributed by atoms with Crippen molar-refractivity contribution in [2.45, 2.75) is 26.4 Å². The molecule has 5 rings (SSSR count). The van der Waals surface area contributed by atoms with Crippen molar-refractivity contribution in [2.75, 3.05) is 0 Å². The van der Waals surface area contributed by atoms with E-state index in [4.69, 9.17) is 4.98 Å². The van der Waals surface area contributed by atoms with E-state index in [0.717, 1.165) is 22.3 Å². The van der Waals surface area contributed by atoms with Gasteiger partial charge in [-0.2, -0.15) is 5.10 Å². The molecule has 0 aliphatic rings. The Morgan fingerprint density at radius 3 is 2.85 bits per heavy atom. The van der Waals surface area contributed by atoms with Gasteiger partial charge in [0.1, 0.15) is 0 Å². The third-order valence-corrected chi connectivity index (χ3v) is 4.57.